The Kier molecular flexibility index (Phi) is 4.68. The molecule has 6 heteroatoms. The fourth-order valence-electron chi connectivity index (χ4n) is 1.75. The molecule has 0 unspecified atom stereocenters. The standard InChI is InChI=1S/C14H17N3O2S/c1-4-19-14(18)16-17-9-13(15-10(17)2)11-5-7-12(20-3)8-6-11/h5-9H,4H2,1-3H3,(H,16,18). The van der Waals surface area contributed by atoms with E-state index in [0.717, 1.165) is 11.3 Å². The van der Waals surface area contributed by atoms with E-state index < -0.39 is 6.09 Å². The predicted molar refractivity (Wildman–Crippen MR) is 80.6 cm³/mol. The van der Waals surface area contributed by atoms with Gasteiger partial charge in [-0.15, -0.1) is 11.8 Å². The Morgan fingerprint density at radius 1 is 1.40 bits per heavy atom. The Morgan fingerprint density at radius 2 is 2.10 bits per heavy atom. The van der Waals surface area contributed by atoms with E-state index in [2.05, 4.69) is 10.4 Å². The van der Waals surface area contributed by atoms with Gasteiger partial charge in [0.05, 0.1) is 18.5 Å². The minimum absolute atomic E-state index is 0.336. The molecule has 1 heterocycles. The lowest BCUT2D eigenvalue weighted by Gasteiger charge is -2.06. The van der Waals surface area contributed by atoms with Crippen molar-refractivity contribution < 1.29 is 9.53 Å². The zero-order chi connectivity index (χ0) is 14.5. The van der Waals surface area contributed by atoms with Crippen LogP contribution in [0.1, 0.15) is 12.7 Å². The van der Waals surface area contributed by atoms with E-state index >= 15 is 0 Å². The maximum Gasteiger partial charge on any atom is 0.426 e. The Bertz CT molecular complexity index is 593. The number of ether oxygens (including phenoxy) is 1. The van der Waals surface area contributed by atoms with Gasteiger partial charge >= 0.3 is 6.09 Å². The molecule has 0 aliphatic carbocycles. The average molecular weight is 291 g/mol. The quantitative estimate of drug-likeness (QED) is 0.878. The Hall–Kier alpha value is -1.95. The van der Waals surface area contributed by atoms with Crippen molar-refractivity contribution in [2.24, 2.45) is 0 Å². The van der Waals surface area contributed by atoms with Crippen LogP contribution in [0.25, 0.3) is 11.3 Å². The zero-order valence-electron chi connectivity index (χ0n) is 11.7. The molecule has 0 radical (unpaired) electrons. The van der Waals surface area contributed by atoms with Gasteiger partial charge in [0.15, 0.2) is 0 Å². The number of carbonyl (C=O) groups excluding carboxylic acids is 1. The van der Waals surface area contributed by atoms with Crippen molar-refractivity contribution in [3.05, 3.63) is 36.3 Å². The van der Waals surface area contributed by atoms with Crippen molar-refractivity contribution in [2.45, 2.75) is 18.7 Å². The Morgan fingerprint density at radius 3 is 2.70 bits per heavy atom. The minimum Gasteiger partial charge on any atom is -0.449 e. The third-order valence-electron chi connectivity index (χ3n) is 2.76. The van der Waals surface area contributed by atoms with E-state index in [4.69, 9.17) is 4.74 Å². The Balaban J connectivity index is 2.19. The average Bonchev–Trinajstić information content (AvgIpc) is 2.80. The fourth-order valence-corrected chi connectivity index (χ4v) is 2.16. The second kappa shape index (κ2) is 6.47. The van der Waals surface area contributed by atoms with Gasteiger partial charge in [-0.3, -0.25) is 0 Å². The highest BCUT2D eigenvalue weighted by molar-refractivity contribution is 7.98. The molecular weight excluding hydrogens is 274 g/mol. The first kappa shape index (κ1) is 14.5. The number of nitrogens with zero attached hydrogens (tertiary/aromatic N) is 2. The lowest BCUT2D eigenvalue weighted by atomic mass is 10.2. The lowest BCUT2D eigenvalue weighted by Crippen LogP contribution is -2.23. The molecule has 0 atom stereocenters. The molecule has 0 bridgehead atoms. The van der Waals surface area contributed by atoms with E-state index in [1.807, 2.05) is 37.4 Å². The van der Waals surface area contributed by atoms with Crippen LogP contribution < -0.4 is 5.43 Å². The number of hydrogen-bond donors (Lipinski definition) is 1. The van der Waals surface area contributed by atoms with Crippen LogP contribution in [0.4, 0.5) is 4.79 Å². The zero-order valence-corrected chi connectivity index (χ0v) is 12.5. The molecule has 0 aliphatic heterocycles. The molecule has 0 aliphatic rings. The summed E-state index contributed by atoms with van der Waals surface area (Å²) in [6, 6.07) is 8.13. The van der Waals surface area contributed by atoms with Crippen LogP contribution in [0.15, 0.2) is 35.4 Å². The van der Waals surface area contributed by atoms with E-state index in [1.54, 1.807) is 29.6 Å². The predicted octanol–water partition coefficient (Wildman–Crippen LogP) is 3.28. The minimum atomic E-state index is -0.489. The normalized spacial score (nSPS) is 10.3. The first-order valence-electron chi connectivity index (χ1n) is 6.28. The second-order valence-electron chi connectivity index (χ2n) is 4.10. The van der Waals surface area contributed by atoms with Crippen molar-refractivity contribution in [2.75, 3.05) is 18.3 Å². The first-order chi connectivity index (χ1) is 9.63. The summed E-state index contributed by atoms with van der Waals surface area (Å²) in [6.07, 6.45) is 3.33. The molecule has 2 aromatic rings. The van der Waals surface area contributed by atoms with Gasteiger partial charge in [0.1, 0.15) is 5.82 Å². The summed E-state index contributed by atoms with van der Waals surface area (Å²) in [6.45, 7) is 3.92. The molecule has 0 spiro atoms. The monoisotopic (exact) mass is 291 g/mol. The molecule has 0 fully saturated rings. The third kappa shape index (κ3) is 3.33. The molecule has 20 heavy (non-hydrogen) atoms. The van der Waals surface area contributed by atoms with Crippen molar-refractivity contribution >= 4 is 17.9 Å². The summed E-state index contributed by atoms with van der Waals surface area (Å²) in [7, 11) is 0. The van der Waals surface area contributed by atoms with Crippen molar-refractivity contribution in [3.8, 4) is 11.3 Å². The highest BCUT2D eigenvalue weighted by Gasteiger charge is 2.09. The number of amides is 1. The molecule has 1 aromatic heterocycles. The van der Waals surface area contributed by atoms with Crippen molar-refractivity contribution in [1.82, 2.24) is 9.66 Å². The van der Waals surface area contributed by atoms with Crippen LogP contribution in [0.5, 0.6) is 0 Å². The van der Waals surface area contributed by atoms with E-state index in [0.29, 0.717) is 12.4 Å². The molecule has 106 valence electrons. The summed E-state index contributed by atoms with van der Waals surface area (Å²) in [5.41, 5.74) is 4.43. The summed E-state index contributed by atoms with van der Waals surface area (Å²) < 4.78 is 6.41. The SMILES string of the molecule is CCOC(=O)Nn1cc(-c2ccc(SC)cc2)nc1C. The molecule has 0 saturated carbocycles. The van der Waals surface area contributed by atoms with Gasteiger partial charge in [-0.05, 0) is 32.2 Å². The smallest absolute Gasteiger partial charge is 0.426 e. The fraction of sp³-hybridized carbons (Fsp3) is 0.286. The van der Waals surface area contributed by atoms with E-state index in [9.17, 15) is 4.79 Å². The highest BCUT2D eigenvalue weighted by Crippen LogP contribution is 2.22. The van der Waals surface area contributed by atoms with Crippen LogP contribution in [-0.2, 0) is 4.74 Å². The van der Waals surface area contributed by atoms with E-state index in [1.165, 1.54) is 4.90 Å². The number of hydrogen-bond acceptors (Lipinski definition) is 4. The van der Waals surface area contributed by atoms with Crippen LogP contribution in [0.3, 0.4) is 0 Å². The number of benzene rings is 1. The van der Waals surface area contributed by atoms with Gasteiger partial charge in [0.25, 0.3) is 0 Å². The number of thioether (sulfide) groups is 1. The number of aryl methyl sites for hydroxylation is 1. The maximum absolute atomic E-state index is 11.4. The van der Waals surface area contributed by atoms with Crippen LogP contribution in [0, 0.1) is 6.92 Å². The van der Waals surface area contributed by atoms with Gasteiger partial charge in [0, 0.05) is 10.5 Å². The largest absolute Gasteiger partial charge is 0.449 e. The van der Waals surface area contributed by atoms with Gasteiger partial charge in [-0.2, -0.15) is 0 Å². The number of aromatic nitrogens is 2. The number of imidazole rings is 1. The van der Waals surface area contributed by atoms with Crippen LogP contribution >= 0.6 is 11.8 Å². The second-order valence-corrected chi connectivity index (χ2v) is 4.98. The molecule has 5 nitrogen and oxygen atoms in total. The van der Waals surface area contributed by atoms with Crippen molar-refractivity contribution in [1.29, 1.82) is 0 Å². The van der Waals surface area contributed by atoms with E-state index in [-0.39, 0.29) is 0 Å². The summed E-state index contributed by atoms with van der Waals surface area (Å²) in [4.78, 5) is 17.0. The first-order valence-corrected chi connectivity index (χ1v) is 7.50. The van der Waals surface area contributed by atoms with Crippen LogP contribution in [-0.4, -0.2) is 28.6 Å². The molecular formula is C14H17N3O2S. The highest BCUT2D eigenvalue weighted by atomic mass is 32.2. The van der Waals surface area contributed by atoms with Gasteiger partial charge < -0.3 is 4.74 Å². The molecule has 1 N–H and O–H groups in total. The molecule has 0 saturated heterocycles. The topological polar surface area (TPSA) is 56.1 Å². The Labute approximate surface area is 122 Å². The number of carbonyl (C=O) groups is 1. The number of rotatable bonds is 4. The summed E-state index contributed by atoms with van der Waals surface area (Å²) in [5, 5.41) is 0. The maximum atomic E-state index is 11.4. The summed E-state index contributed by atoms with van der Waals surface area (Å²) >= 11 is 1.70. The molecule has 1 aromatic carbocycles. The van der Waals surface area contributed by atoms with Crippen LogP contribution in [0.2, 0.25) is 0 Å². The van der Waals surface area contributed by atoms with Crippen molar-refractivity contribution in [3.63, 3.8) is 0 Å². The van der Waals surface area contributed by atoms with Gasteiger partial charge in [-0.25, -0.2) is 19.9 Å². The summed E-state index contributed by atoms with van der Waals surface area (Å²) in [5.74, 6) is 0.696. The third-order valence-corrected chi connectivity index (χ3v) is 3.50. The number of nitrogens with one attached hydrogen (secondary N) is 1. The lowest BCUT2D eigenvalue weighted by molar-refractivity contribution is 0.164. The van der Waals surface area contributed by atoms with Gasteiger partial charge in [-0.1, -0.05) is 12.1 Å². The molecule has 2 rings (SSSR count). The van der Waals surface area contributed by atoms with Gasteiger partial charge in [0.2, 0.25) is 0 Å². The molecule has 1 amide bonds.